The lowest BCUT2D eigenvalue weighted by Crippen LogP contribution is -2.38. The van der Waals surface area contributed by atoms with Gasteiger partial charge in [-0.25, -0.2) is 16.8 Å². The van der Waals surface area contributed by atoms with Gasteiger partial charge in [0, 0.05) is 19.0 Å². The number of hydrogen-bond donors (Lipinski definition) is 0. The third-order valence-electron chi connectivity index (χ3n) is 3.92. The van der Waals surface area contributed by atoms with Crippen molar-refractivity contribution in [1.29, 1.82) is 0 Å². The van der Waals surface area contributed by atoms with Crippen molar-refractivity contribution in [2.24, 2.45) is 0 Å². The van der Waals surface area contributed by atoms with Crippen LogP contribution in [0.5, 0.6) is 0 Å². The summed E-state index contributed by atoms with van der Waals surface area (Å²) in [7, 11) is -5.42. The Morgan fingerprint density at radius 3 is 2.57 bits per heavy atom. The fraction of sp³-hybridized carbons (Fsp3) is 0.538. The van der Waals surface area contributed by atoms with Gasteiger partial charge in [-0.1, -0.05) is 12.1 Å². The molecule has 0 spiro atoms. The van der Waals surface area contributed by atoms with E-state index in [0.717, 1.165) is 5.56 Å². The minimum atomic E-state index is -3.73. The Morgan fingerprint density at radius 1 is 1.38 bits per heavy atom. The lowest BCUT2D eigenvalue weighted by Gasteiger charge is -2.24. The molecule has 21 heavy (non-hydrogen) atoms. The van der Waals surface area contributed by atoms with E-state index in [1.54, 1.807) is 19.1 Å². The van der Waals surface area contributed by atoms with Gasteiger partial charge >= 0.3 is 0 Å². The van der Waals surface area contributed by atoms with Gasteiger partial charge in [0.25, 0.3) is 0 Å². The van der Waals surface area contributed by atoms with Crippen molar-refractivity contribution >= 4 is 31.5 Å². The van der Waals surface area contributed by atoms with Crippen molar-refractivity contribution in [3.05, 3.63) is 29.3 Å². The van der Waals surface area contributed by atoms with E-state index in [-0.39, 0.29) is 22.3 Å². The molecule has 0 aromatic heterocycles. The summed E-state index contributed by atoms with van der Waals surface area (Å²) in [4.78, 5) is 0.187. The number of sulfone groups is 1. The van der Waals surface area contributed by atoms with Crippen LogP contribution in [0.3, 0.4) is 0 Å². The van der Waals surface area contributed by atoms with E-state index in [9.17, 15) is 16.8 Å². The average molecular weight is 352 g/mol. The van der Waals surface area contributed by atoms with Gasteiger partial charge in [-0.2, -0.15) is 4.31 Å². The second-order valence-corrected chi connectivity index (χ2v) is 9.71. The first-order valence-electron chi connectivity index (χ1n) is 6.52. The molecule has 1 atom stereocenters. The van der Waals surface area contributed by atoms with Gasteiger partial charge in [-0.3, -0.25) is 0 Å². The highest BCUT2D eigenvalue weighted by atomic mass is 35.5. The molecule has 1 saturated heterocycles. The molecule has 1 aliphatic rings. The molecular weight excluding hydrogens is 334 g/mol. The molecule has 1 fully saturated rings. The van der Waals surface area contributed by atoms with Crippen LogP contribution in [0.15, 0.2) is 23.1 Å². The van der Waals surface area contributed by atoms with E-state index in [4.69, 9.17) is 11.6 Å². The van der Waals surface area contributed by atoms with Gasteiger partial charge in [-0.05, 0) is 30.5 Å². The Balaban J connectivity index is 2.39. The van der Waals surface area contributed by atoms with E-state index in [1.807, 2.05) is 0 Å². The van der Waals surface area contributed by atoms with Crippen LogP contribution >= 0.6 is 11.6 Å². The van der Waals surface area contributed by atoms with Gasteiger partial charge in [-0.15, -0.1) is 11.6 Å². The molecule has 0 N–H and O–H groups in total. The van der Waals surface area contributed by atoms with Crippen molar-refractivity contribution in [1.82, 2.24) is 4.31 Å². The van der Waals surface area contributed by atoms with Gasteiger partial charge in [0.05, 0.1) is 16.4 Å². The number of rotatable bonds is 4. The summed E-state index contributed by atoms with van der Waals surface area (Å²) >= 11 is 5.81. The molecule has 1 aliphatic heterocycles. The third kappa shape index (κ3) is 3.26. The molecule has 1 heterocycles. The number of nitrogens with zero attached hydrogens (tertiary/aromatic N) is 1. The first-order valence-corrected chi connectivity index (χ1v) is 10.3. The van der Waals surface area contributed by atoms with Gasteiger partial charge in [0.15, 0.2) is 9.84 Å². The fourth-order valence-electron chi connectivity index (χ4n) is 2.50. The molecule has 0 saturated carbocycles. The van der Waals surface area contributed by atoms with Crippen LogP contribution in [0.1, 0.15) is 17.5 Å². The highest BCUT2D eigenvalue weighted by Crippen LogP contribution is 2.27. The summed E-state index contributed by atoms with van der Waals surface area (Å²) in [5.74, 6) is 0.159. The Hall–Kier alpha value is -0.630. The predicted octanol–water partition coefficient (Wildman–Crippen LogP) is 1.54. The van der Waals surface area contributed by atoms with Crippen LogP contribution in [-0.2, 0) is 25.7 Å². The normalized spacial score (nSPS) is 21.8. The second kappa shape index (κ2) is 5.87. The minimum Gasteiger partial charge on any atom is -0.229 e. The number of alkyl halides is 1. The highest BCUT2D eigenvalue weighted by molar-refractivity contribution is 7.92. The lowest BCUT2D eigenvalue weighted by molar-refractivity contribution is 0.393. The van der Waals surface area contributed by atoms with Crippen molar-refractivity contribution in [2.75, 3.05) is 18.6 Å². The van der Waals surface area contributed by atoms with Crippen molar-refractivity contribution in [3.63, 3.8) is 0 Å². The average Bonchev–Trinajstić information content (AvgIpc) is 2.78. The molecule has 0 radical (unpaired) electrons. The number of halogens is 1. The number of benzene rings is 1. The SMILES string of the molecule is Cc1c(CCl)cccc1S(=O)(=O)N(C)C1CCS(=O)(=O)C1. The standard InChI is InChI=1S/C13H18ClNO4S2/c1-10-11(8-14)4-3-5-13(10)21(18,19)15(2)12-6-7-20(16,17)9-12/h3-5,12H,6-9H2,1-2H3. The maximum absolute atomic E-state index is 12.7. The highest BCUT2D eigenvalue weighted by Gasteiger charge is 2.37. The summed E-state index contributed by atoms with van der Waals surface area (Å²) in [6.45, 7) is 1.71. The molecule has 5 nitrogen and oxygen atoms in total. The Morgan fingerprint density at radius 2 is 2.05 bits per heavy atom. The van der Waals surface area contributed by atoms with Gasteiger partial charge in [0.2, 0.25) is 10.0 Å². The Bertz CT molecular complexity index is 743. The zero-order chi connectivity index (χ0) is 15.8. The number of hydrogen-bond acceptors (Lipinski definition) is 4. The molecule has 0 aliphatic carbocycles. The van der Waals surface area contributed by atoms with Crippen LogP contribution in [0, 0.1) is 6.92 Å². The van der Waals surface area contributed by atoms with Crippen LogP contribution in [0.4, 0.5) is 0 Å². The van der Waals surface area contributed by atoms with Crippen molar-refractivity contribution in [2.45, 2.75) is 30.2 Å². The third-order valence-corrected chi connectivity index (χ3v) is 8.01. The summed E-state index contributed by atoms with van der Waals surface area (Å²) in [5, 5.41) is 0. The lowest BCUT2D eigenvalue weighted by atomic mass is 10.1. The predicted molar refractivity (Wildman–Crippen MR) is 82.7 cm³/mol. The Kier molecular flexibility index (Phi) is 4.68. The van der Waals surface area contributed by atoms with E-state index in [0.29, 0.717) is 12.0 Å². The monoisotopic (exact) mass is 351 g/mol. The summed E-state index contributed by atoms with van der Waals surface area (Å²) in [6, 6.07) is 4.46. The summed E-state index contributed by atoms with van der Waals surface area (Å²) < 4.78 is 49.7. The summed E-state index contributed by atoms with van der Waals surface area (Å²) in [5.41, 5.74) is 1.37. The van der Waals surface area contributed by atoms with Crippen LogP contribution < -0.4 is 0 Å². The zero-order valence-corrected chi connectivity index (χ0v) is 14.3. The second-order valence-electron chi connectivity index (χ2n) is 5.25. The maximum atomic E-state index is 12.7. The first kappa shape index (κ1) is 16.7. The molecule has 0 amide bonds. The molecule has 1 aromatic carbocycles. The van der Waals surface area contributed by atoms with E-state index in [1.165, 1.54) is 17.4 Å². The zero-order valence-electron chi connectivity index (χ0n) is 11.9. The van der Waals surface area contributed by atoms with E-state index < -0.39 is 25.9 Å². The summed E-state index contributed by atoms with van der Waals surface area (Å²) in [6.07, 6.45) is 0.340. The molecule has 118 valence electrons. The molecule has 8 heteroatoms. The van der Waals surface area contributed by atoms with E-state index in [2.05, 4.69) is 0 Å². The smallest absolute Gasteiger partial charge is 0.229 e. The van der Waals surface area contributed by atoms with Crippen LogP contribution in [0.2, 0.25) is 0 Å². The van der Waals surface area contributed by atoms with Gasteiger partial charge < -0.3 is 0 Å². The fourth-order valence-corrected chi connectivity index (χ4v) is 6.31. The quantitative estimate of drug-likeness (QED) is 0.771. The minimum absolute atomic E-state index is 0.0399. The molecule has 2 rings (SSSR count). The number of sulfonamides is 1. The largest absolute Gasteiger partial charge is 0.243 e. The maximum Gasteiger partial charge on any atom is 0.243 e. The topological polar surface area (TPSA) is 71.5 Å². The van der Waals surface area contributed by atoms with E-state index >= 15 is 0 Å². The van der Waals surface area contributed by atoms with Gasteiger partial charge in [0.1, 0.15) is 0 Å². The Labute approximate surface area is 130 Å². The first-order chi connectivity index (χ1) is 9.69. The van der Waals surface area contributed by atoms with Crippen molar-refractivity contribution in [3.8, 4) is 0 Å². The molecule has 0 bridgehead atoms. The molecular formula is C13H18ClNO4S2. The molecule has 1 aromatic rings. The van der Waals surface area contributed by atoms with Crippen LogP contribution in [-0.4, -0.2) is 45.7 Å². The molecule has 1 unspecified atom stereocenters. The van der Waals surface area contributed by atoms with Crippen LogP contribution in [0.25, 0.3) is 0 Å². The van der Waals surface area contributed by atoms with Crippen molar-refractivity contribution < 1.29 is 16.8 Å².